The van der Waals surface area contributed by atoms with Gasteiger partial charge in [-0.05, 0) is 63.2 Å². The molecule has 0 spiro atoms. The second-order valence-corrected chi connectivity index (χ2v) is 17.1. The van der Waals surface area contributed by atoms with Gasteiger partial charge in [0.25, 0.3) is 0 Å². The van der Waals surface area contributed by atoms with E-state index in [2.05, 4.69) is 5.32 Å². The molecule has 3 fully saturated rings. The number of alkyl carbamates (subject to hydrolysis) is 1. The number of nitrogens with one attached hydrogen (secondary N) is 1. The Kier molecular flexibility index (Phi) is 9.61. The SMILES string of the molecule is [2H]C([2H])([2H])O[C@H]1C(=O)[C@]2(C)[C@@H](OC)C[C@H]3OC[C@@]3(OC(C)=O)[C@H]2[C@@H](OC(=O)c2ccccc2)[C@]2(O)C[C@H](OC(=O)[C@H](OC(=O)CN)[C@@H](NC(=O)OC(C([2H])([2H])[2H])(C([2H])([2H])[2H])C([2H])([2H])[2H])c3ccccc3)C(C)=C1C2(C)C. The quantitative estimate of drug-likeness (QED) is 0.155. The van der Waals surface area contributed by atoms with E-state index < -0.39 is 159 Å². The van der Waals surface area contributed by atoms with Crippen molar-refractivity contribution in [1.29, 1.82) is 0 Å². The van der Waals surface area contributed by atoms with Gasteiger partial charge in [-0.15, -0.1) is 0 Å². The fourth-order valence-corrected chi connectivity index (χ4v) is 10.1. The van der Waals surface area contributed by atoms with Crippen molar-refractivity contribution in [3.05, 3.63) is 82.9 Å². The minimum absolute atomic E-state index is 0.0493. The van der Waals surface area contributed by atoms with Gasteiger partial charge in [0.05, 0.1) is 40.3 Å². The molecule has 17 heteroatoms. The lowest BCUT2D eigenvalue weighted by Crippen LogP contribution is -2.82. The molecule has 0 radical (unpaired) electrons. The van der Waals surface area contributed by atoms with E-state index in [0.29, 0.717) is 0 Å². The van der Waals surface area contributed by atoms with Gasteiger partial charge in [0, 0.05) is 51.7 Å². The summed E-state index contributed by atoms with van der Waals surface area (Å²) >= 11 is 0. The highest BCUT2D eigenvalue weighted by molar-refractivity contribution is 5.94. The predicted molar refractivity (Wildman–Crippen MR) is 226 cm³/mol. The van der Waals surface area contributed by atoms with Gasteiger partial charge in [0.2, 0.25) is 6.10 Å². The Balaban J connectivity index is 1.59. The van der Waals surface area contributed by atoms with E-state index in [1.54, 1.807) is 6.07 Å². The molecule has 0 aromatic heterocycles. The summed E-state index contributed by atoms with van der Waals surface area (Å²) in [5, 5.41) is 16.0. The van der Waals surface area contributed by atoms with Crippen molar-refractivity contribution in [2.75, 3.05) is 27.3 Å². The second-order valence-electron chi connectivity index (χ2n) is 17.1. The molecule has 348 valence electrons. The molecule has 1 saturated heterocycles. The van der Waals surface area contributed by atoms with Crippen molar-refractivity contribution in [2.24, 2.45) is 22.5 Å². The first kappa shape index (κ1) is 34.2. The highest BCUT2D eigenvalue weighted by atomic mass is 16.6. The predicted octanol–water partition coefficient (Wildman–Crippen LogP) is 4.08. The molecule has 4 N–H and O–H groups in total. The number of ether oxygens (including phenoxy) is 8. The zero-order valence-corrected chi connectivity index (χ0v) is 36.0. The van der Waals surface area contributed by atoms with Gasteiger partial charge in [-0.2, -0.15) is 0 Å². The largest absolute Gasteiger partial charge is 0.455 e. The molecule has 2 aromatic rings. The van der Waals surface area contributed by atoms with Crippen LogP contribution < -0.4 is 11.1 Å². The molecule has 4 aliphatic rings. The van der Waals surface area contributed by atoms with Crippen LogP contribution in [0.15, 0.2) is 71.8 Å². The number of rotatable bonds is 12. The summed E-state index contributed by atoms with van der Waals surface area (Å²) in [6, 6.07) is 12.1. The number of fused-ring (bicyclic) bond motifs is 5. The van der Waals surface area contributed by atoms with E-state index in [9.17, 15) is 24.3 Å². The highest BCUT2D eigenvalue weighted by Crippen LogP contribution is 2.64. The Hall–Kier alpha value is -5.20. The first-order valence-electron chi connectivity index (χ1n) is 26.3. The van der Waals surface area contributed by atoms with Crippen molar-refractivity contribution in [2.45, 2.75) is 127 Å². The average molecular weight is 905 g/mol. The lowest BCUT2D eigenvalue weighted by molar-refractivity contribution is -0.347. The molecule has 3 aliphatic carbocycles. The number of hydrogen-bond donors (Lipinski definition) is 3. The number of ketones is 1. The molecule has 2 saturated carbocycles. The molecule has 6 rings (SSSR count). The molecule has 64 heavy (non-hydrogen) atoms. The number of methoxy groups -OCH3 is 2. The molecule has 1 heterocycles. The first-order valence-corrected chi connectivity index (χ1v) is 20.3. The summed E-state index contributed by atoms with van der Waals surface area (Å²) in [7, 11) is -2.12. The molecular formula is C47H60N2O15. The summed E-state index contributed by atoms with van der Waals surface area (Å²) in [4.78, 5) is 85.9. The third kappa shape index (κ3) is 8.43. The van der Waals surface area contributed by atoms with Crippen molar-refractivity contribution in [3.63, 3.8) is 0 Å². The third-order valence-electron chi connectivity index (χ3n) is 13.2. The number of esters is 4. The minimum atomic E-state index is -4.19. The van der Waals surface area contributed by atoms with Crippen LogP contribution in [0.3, 0.4) is 0 Å². The minimum Gasteiger partial charge on any atom is -0.455 e. The Morgan fingerprint density at radius 2 is 1.66 bits per heavy atom. The van der Waals surface area contributed by atoms with Crippen LogP contribution >= 0.6 is 0 Å². The monoisotopic (exact) mass is 904 g/mol. The lowest BCUT2D eigenvalue weighted by atomic mass is 9.44. The van der Waals surface area contributed by atoms with Gasteiger partial charge in [-0.1, -0.05) is 62.4 Å². The smallest absolute Gasteiger partial charge is 0.408 e. The van der Waals surface area contributed by atoms with Crippen molar-refractivity contribution >= 4 is 35.8 Å². The topological polar surface area (TPSA) is 235 Å². The van der Waals surface area contributed by atoms with Crippen LogP contribution in [0.1, 0.15) is 106 Å². The Bertz CT molecular complexity index is 2560. The Morgan fingerprint density at radius 1 is 1.00 bits per heavy atom. The Labute approximate surface area is 389 Å². The van der Waals surface area contributed by atoms with E-state index in [1.165, 1.54) is 89.4 Å². The van der Waals surface area contributed by atoms with Crippen LogP contribution in [0.25, 0.3) is 0 Å². The van der Waals surface area contributed by atoms with Crippen LogP contribution in [0, 0.1) is 16.7 Å². The summed E-state index contributed by atoms with van der Waals surface area (Å²) in [6.07, 6.45) is -13.9. The number of Topliss-reactive ketones (excluding diaryl/α,β-unsaturated/α-hetero) is 1. The van der Waals surface area contributed by atoms with Gasteiger partial charge in [0.1, 0.15) is 41.7 Å². The second kappa shape index (κ2) is 18.0. The van der Waals surface area contributed by atoms with E-state index in [0.717, 1.165) is 6.92 Å². The summed E-state index contributed by atoms with van der Waals surface area (Å²) in [5.74, 6) is -7.60. The normalized spacial score (nSPS) is 35.1. The van der Waals surface area contributed by atoms with Crippen LogP contribution in [-0.2, 0) is 57.1 Å². The molecular weight excluding hydrogens is 833 g/mol. The molecule has 1 amide bonds. The van der Waals surface area contributed by atoms with Crippen LogP contribution in [0.2, 0.25) is 0 Å². The van der Waals surface area contributed by atoms with Crippen molar-refractivity contribution < 1.29 is 88.2 Å². The average Bonchev–Trinajstić information content (AvgIpc) is 3.30. The summed E-state index contributed by atoms with van der Waals surface area (Å²) in [6.45, 7) is -6.95. The van der Waals surface area contributed by atoms with E-state index in [-0.39, 0.29) is 28.7 Å². The van der Waals surface area contributed by atoms with Crippen molar-refractivity contribution in [3.8, 4) is 0 Å². The van der Waals surface area contributed by atoms with Crippen LogP contribution in [-0.4, -0.2) is 122 Å². The third-order valence-corrected chi connectivity index (χ3v) is 13.2. The standard InChI is InChI=1S/C47H60N2O15/c1-25-29(60-41(54)36(61-32(51)23-48)34(27-17-13-11-14-18-27)49-42(55)64-43(3,4)5)22-47(56)39(62-40(53)28-19-15-12-16-20-28)37-45(8,38(52)35(58-10)33(25)44(47,6)7)30(57-9)21-31-46(37,24-59-31)63-26(2)50/h11-20,29-31,34-37,39,56H,21-24,48H2,1-10H3,(H,49,55)/t29-,30-,31+,34-,35+,36+,37-,39+,45+,46-,47+/m0/s1/i3D3,4D3,5D3,10D3. The number of aliphatic hydroxyl groups is 1. The lowest BCUT2D eigenvalue weighted by Gasteiger charge is -2.67. The van der Waals surface area contributed by atoms with Gasteiger partial charge < -0.3 is 54.1 Å². The zero-order valence-electron chi connectivity index (χ0n) is 48.0. The number of benzene rings is 2. The number of amides is 1. The van der Waals surface area contributed by atoms with Crippen LogP contribution in [0.4, 0.5) is 4.79 Å². The number of nitrogens with two attached hydrogens (primary N) is 1. The van der Waals surface area contributed by atoms with Gasteiger partial charge in [-0.3, -0.25) is 14.4 Å². The highest BCUT2D eigenvalue weighted by Gasteiger charge is 2.78. The van der Waals surface area contributed by atoms with Crippen molar-refractivity contribution in [1.82, 2.24) is 5.32 Å². The number of hydrogen-bond acceptors (Lipinski definition) is 16. The van der Waals surface area contributed by atoms with Gasteiger partial charge in [0.15, 0.2) is 11.4 Å². The maximum Gasteiger partial charge on any atom is 0.408 e. The molecule has 17 nitrogen and oxygen atoms in total. The summed E-state index contributed by atoms with van der Waals surface area (Å²) in [5.41, 5.74) is -7.84. The van der Waals surface area contributed by atoms with Gasteiger partial charge >= 0.3 is 30.0 Å². The fraction of sp³-hybridized carbons (Fsp3) is 0.574. The fourth-order valence-electron chi connectivity index (χ4n) is 10.1. The maximum atomic E-state index is 15.9. The molecule has 2 bridgehead atoms. The first-order chi connectivity index (χ1) is 34.9. The summed E-state index contributed by atoms with van der Waals surface area (Å²) < 4.78 is 143. The molecule has 0 unspecified atom stereocenters. The number of carbonyl (C=O) groups is 6. The van der Waals surface area contributed by atoms with E-state index >= 15 is 9.59 Å². The number of carbonyl (C=O) groups excluding carboxylic acids is 6. The van der Waals surface area contributed by atoms with Crippen LogP contribution in [0.5, 0.6) is 0 Å². The van der Waals surface area contributed by atoms with E-state index in [1.807, 2.05) is 0 Å². The maximum absolute atomic E-state index is 15.9. The molecule has 11 atom stereocenters. The zero-order chi connectivity index (χ0) is 57.2. The van der Waals surface area contributed by atoms with E-state index in [4.69, 9.17) is 60.1 Å². The Morgan fingerprint density at radius 3 is 2.22 bits per heavy atom. The molecule has 1 aliphatic heterocycles. The molecule has 2 aromatic carbocycles. The van der Waals surface area contributed by atoms with Gasteiger partial charge in [-0.25, -0.2) is 14.4 Å².